The lowest BCUT2D eigenvalue weighted by Gasteiger charge is -2.42. The van der Waals surface area contributed by atoms with Crippen molar-refractivity contribution in [2.75, 3.05) is 26.8 Å². The van der Waals surface area contributed by atoms with Crippen LogP contribution in [0.1, 0.15) is 39.2 Å². The van der Waals surface area contributed by atoms with Crippen molar-refractivity contribution in [2.45, 2.75) is 46.2 Å². The van der Waals surface area contributed by atoms with Gasteiger partial charge in [0.15, 0.2) is 11.5 Å². The van der Waals surface area contributed by atoms with Gasteiger partial charge < -0.3 is 15.2 Å². The monoisotopic (exact) mass is 376 g/mol. The van der Waals surface area contributed by atoms with Crippen LogP contribution in [-0.4, -0.2) is 37.7 Å². The molecule has 1 aromatic rings. The fourth-order valence-electron chi connectivity index (χ4n) is 3.09. The molecule has 1 aliphatic rings. The summed E-state index contributed by atoms with van der Waals surface area (Å²) >= 11 is 6.40. The van der Waals surface area contributed by atoms with Crippen LogP contribution < -0.4 is 15.2 Å². The van der Waals surface area contributed by atoms with E-state index in [2.05, 4.69) is 25.7 Å². The molecule has 1 unspecified atom stereocenters. The number of piperidine rings is 1. The van der Waals surface area contributed by atoms with E-state index in [1.165, 1.54) is 0 Å². The summed E-state index contributed by atoms with van der Waals surface area (Å²) in [5.74, 6) is 1.34. The van der Waals surface area contributed by atoms with Gasteiger partial charge in [0, 0.05) is 25.7 Å². The number of nitrogens with zero attached hydrogens (tertiary/aromatic N) is 1. The van der Waals surface area contributed by atoms with Crippen molar-refractivity contribution in [3.05, 3.63) is 22.7 Å². The number of ether oxygens (including phenoxy) is 2. The summed E-state index contributed by atoms with van der Waals surface area (Å²) in [5, 5.41) is 0.612. The molecule has 138 valence electrons. The average Bonchev–Trinajstić information content (AvgIpc) is 2.49. The van der Waals surface area contributed by atoms with Crippen molar-refractivity contribution < 1.29 is 9.47 Å². The standard InChI is InChI=1S/C18H29ClN2O2.ClH/c1-5-8-23-17-14(19)9-13(10-15(17)22-4)11-21-7-6-16(20)18(2,3)12-21;/h9-10,16H,5-8,11-12,20H2,1-4H3;1H. The quantitative estimate of drug-likeness (QED) is 0.810. The topological polar surface area (TPSA) is 47.7 Å². The smallest absolute Gasteiger partial charge is 0.179 e. The van der Waals surface area contributed by atoms with E-state index in [0.717, 1.165) is 38.0 Å². The van der Waals surface area contributed by atoms with Gasteiger partial charge >= 0.3 is 0 Å². The molecule has 1 saturated heterocycles. The van der Waals surface area contributed by atoms with Crippen LogP contribution in [0.2, 0.25) is 5.02 Å². The van der Waals surface area contributed by atoms with Crippen LogP contribution >= 0.6 is 24.0 Å². The van der Waals surface area contributed by atoms with Gasteiger partial charge in [-0.05, 0) is 36.0 Å². The summed E-state index contributed by atoms with van der Waals surface area (Å²) in [7, 11) is 1.65. The SMILES string of the molecule is CCCOc1c(Cl)cc(CN2CCC(N)C(C)(C)C2)cc1OC.Cl. The van der Waals surface area contributed by atoms with Gasteiger partial charge in [0.2, 0.25) is 0 Å². The van der Waals surface area contributed by atoms with Crippen LogP contribution in [0.5, 0.6) is 11.5 Å². The highest BCUT2D eigenvalue weighted by Crippen LogP contribution is 2.37. The van der Waals surface area contributed by atoms with Crippen LogP contribution in [0.4, 0.5) is 0 Å². The fourth-order valence-corrected chi connectivity index (χ4v) is 3.37. The van der Waals surface area contributed by atoms with Crippen molar-refractivity contribution >= 4 is 24.0 Å². The van der Waals surface area contributed by atoms with Crippen molar-refractivity contribution in [3.8, 4) is 11.5 Å². The number of methoxy groups -OCH3 is 1. The third kappa shape index (κ3) is 5.16. The molecule has 6 heteroatoms. The Morgan fingerprint density at radius 1 is 1.38 bits per heavy atom. The van der Waals surface area contributed by atoms with Gasteiger partial charge in [-0.15, -0.1) is 12.4 Å². The molecule has 0 aliphatic carbocycles. The maximum Gasteiger partial charge on any atom is 0.179 e. The van der Waals surface area contributed by atoms with Crippen LogP contribution in [0.3, 0.4) is 0 Å². The number of hydrogen-bond donors (Lipinski definition) is 1. The molecule has 1 atom stereocenters. The summed E-state index contributed by atoms with van der Waals surface area (Å²) < 4.78 is 11.2. The van der Waals surface area contributed by atoms with Gasteiger partial charge in [-0.2, -0.15) is 0 Å². The predicted octanol–water partition coefficient (Wildman–Crippen LogP) is 4.12. The molecule has 1 aliphatic heterocycles. The number of halogens is 2. The molecule has 1 fully saturated rings. The van der Waals surface area contributed by atoms with Crippen molar-refractivity contribution in [2.24, 2.45) is 11.1 Å². The van der Waals surface area contributed by atoms with Crippen LogP contribution in [-0.2, 0) is 6.54 Å². The molecule has 0 bridgehead atoms. The molecule has 0 aromatic heterocycles. The van der Waals surface area contributed by atoms with E-state index in [1.54, 1.807) is 7.11 Å². The number of hydrogen-bond acceptors (Lipinski definition) is 4. The third-order valence-electron chi connectivity index (χ3n) is 4.54. The predicted molar refractivity (Wildman–Crippen MR) is 103 cm³/mol. The van der Waals surface area contributed by atoms with E-state index in [-0.39, 0.29) is 23.9 Å². The summed E-state index contributed by atoms with van der Waals surface area (Å²) in [6.45, 7) is 10.0. The summed E-state index contributed by atoms with van der Waals surface area (Å²) in [5.41, 5.74) is 7.50. The Labute approximate surface area is 157 Å². The highest BCUT2D eigenvalue weighted by atomic mass is 35.5. The summed E-state index contributed by atoms with van der Waals surface area (Å²) in [6.07, 6.45) is 1.96. The number of nitrogens with two attached hydrogens (primary N) is 1. The zero-order valence-electron chi connectivity index (χ0n) is 15.1. The summed E-state index contributed by atoms with van der Waals surface area (Å²) in [6, 6.07) is 4.27. The molecule has 0 radical (unpaired) electrons. The number of likely N-dealkylation sites (tertiary alicyclic amines) is 1. The fraction of sp³-hybridized carbons (Fsp3) is 0.667. The van der Waals surface area contributed by atoms with Crippen LogP contribution in [0, 0.1) is 5.41 Å². The highest BCUT2D eigenvalue weighted by molar-refractivity contribution is 6.32. The van der Waals surface area contributed by atoms with E-state index in [0.29, 0.717) is 23.1 Å². The maximum absolute atomic E-state index is 6.40. The van der Waals surface area contributed by atoms with Gasteiger partial charge in [-0.3, -0.25) is 4.90 Å². The molecule has 24 heavy (non-hydrogen) atoms. The maximum atomic E-state index is 6.40. The Kier molecular flexibility index (Phi) is 8.13. The van der Waals surface area contributed by atoms with E-state index >= 15 is 0 Å². The second-order valence-electron chi connectivity index (χ2n) is 7.05. The van der Waals surface area contributed by atoms with Crippen LogP contribution in [0.25, 0.3) is 0 Å². The normalized spacial score (nSPS) is 20.3. The molecule has 2 N–H and O–H groups in total. The van der Waals surface area contributed by atoms with Crippen LogP contribution in [0.15, 0.2) is 12.1 Å². The van der Waals surface area contributed by atoms with Gasteiger partial charge in [-0.25, -0.2) is 0 Å². The van der Waals surface area contributed by atoms with Gasteiger partial charge in [0.25, 0.3) is 0 Å². The van der Waals surface area contributed by atoms with E-state index in [1.807, 2.05) is 12.1 Å². The Bertz CT molecular complexity index is 538. The van der Waals surface area contributed by atoms with Crippen molar-refractivity contribution in [1.29, 1.82) is 0 Å². The molecule has 1 aromatic carbocycles. The second-order valence-corrected chi connectivity index (χ2v) is 7.46. The first-order chi connectivity index (χ1) is 10.9. The van der Waals surface area contributed by atoms with Crippen molar-refractivity contribution in [3.63, 3.8) is 0 Å². The molecule has 0 amide bonds. The zero-order valence-corrected chi connectivity index (χ0v) is 16.7. The van der Waals surface area contributed by atoms with E-state index < -0.39 is 0 Å². The lowest BCUT2D eigenvalue weighted by Crippen LogP contribution is -2.52. The van der Waals surface area contributed by atoms with Gasteiger partial charge in [-0.1, -0.05) is 32.4 Å². The minimum Gasteiger partial charge on any atom is -0.493 e. The third-order valence-corrected chi connectivity index (χ3v) is 4.82. The first-order valence-electron chi connectivity index (χ1n) is 8.34. The first-order valence-corrected chi connectivity index (χ1v) is 8.72. The largest absolute Gasteiger partial charge is 0.493 e. The van der Waals surface area contributed by atoms with Crippen molar-refractivity contribution in [1.82, 2.24) is 4.90 Å². The lowest BCUT2D eigenvalue weighted by atomic mass is 9.79. The Morgan fingerprint density at radius 3 is 2.67 bits per heavy atom. The highest BCUT2D eigenvalue weighted by Gasteiger charge is 2.33. The minimum atomic E-state index is 0. The van der Waals surface area contributed by atoms with Gasteiger partial charge in [0.05, 0.1) is 18.7 Å². The van der Waals surface area contributed by atoms with E-state index in [9.17, 15) is 0 Å². The Balaban J connectivity index is 0.00000288. The molecular weight excluding hydrogens is 347 g/mol. The second kappa shape index (κ2) is 9.14. The Hall–Kier alpha value is -0.680. The molecule has 0 spiro atoms. The zero-order chi connectivity index (χ0) is 17.0. The van der Waals surface area contributed by atoms with E-state index in [4.69, 9.17) is 26.8 Å². The average molecular weight is 377 g/mol. The first kappa shape index (κ1) is 21.4. The molecule has 1 heterocycles. The number of benzene rings is 1. The summed E-state index contributed by atoms with van der Waals surface area (Å²) in [4.78, 5) is 2.43. The lowest BCUT2D eigenvalue weighted by molar-refractivity contribution is 0.0898. The molecular formula is C18H30Cl2N2O2. The molecule has 2 rings (SSSR count). The Morgan fingerprint density at radius 2 is 2.08 bits per heavy atom. The number of rotatable bonds is 6. The minimum absolute atomic E-state index is 0. The molecule has 0 saturated carbocycles. The molecule has 4 nitrogen and oxygen atoms in total. The van der Waals surface area contributed by atoms with Gasteiger partial charge in [0.1, 0.15) is 0 Å².